The predicted molar refractivity (Wildman–Crippen MR) is 82.6 cm³/mol. The van der Waals surface area contributed by atoms with Crippen LogP contribution in [0.25, 0.3) is 0 Å². The zero-order chi connectivity index (χ0) is 16.1. The van der Waals surface area contributed by atoms with Crippen molar-refractivity contribution in [3.8, 4) is 5.75 Å². The van der Waals surface area contributed by atoms with E-state index in [0.29, 0.717) is 21.9 Å². The van der Waals surface area contributed by atoms with Gasteiger partial charge in [0.15, 0.2) is 0 Å². The molecule has 1 amide bonds. The van der Waals surface area contributed by atoms with Crippen molar-refractivity contribution in [3.05, 3.63) is 64.2 Å². The van der Waals surface area contributed by atoms with Gasteiger partial charge in [0.2, 0.25) is 0 Å². The molecule has 2 aromatic carbocycles. The van der Waals surface area contributed by atoms with Crippen molar-refractivity contribution in [1.29, 1.82) is 0 Å². The van der Waals surface area contributed by atoms with Gasteiger partial charge in [0.05, 0.1) is 18.2 Å². The number of carboxylic acids is 1. The third-order valence-corrected chi connectivity index (χ3v) is 3.27. The molecule has 0 aromatic heterocycles. The van der Waals surface area contributed by atoms with Crippen molar-refractivity contribution in [3.63, 3.8) is 0 Å². The molecule has 22 heavy (non-hydrogen) atoms. The van der Waals surface area contributed by atoms with Crippen LogP contribution in [-0.4, -0.2) is 24.1 Å². The van der Waals surface area contributed by atoms with Gasteiger partial charge in [-0.25, -0.2) is 4.79 Å². The highest BCUT2D eigenvalue weighted by Crippen LogP contribution is 2.22. The Labute approximate surface area is 132 Å². The minimum atomic E-state index is -1.01. The lowest BCUT2D eigenvalue weighted by Crippen LogP contribution is -2.23. The van der Waals surface area contributed by atoms with Crippen LogP contribution in [0.15, 0.2) is 42.5 Å². The Balaban J connectivity index is 2.12. The summed E-state index contributed by atoms with van der Waals surface area (Å²) in [6, 6.07) is 11.1. The van der Waals surface area contributed by atoms with Gasteiger partial charge in [0.1, 0.15) is 5.75 Å². The number of halogens is 1. The molecule has 6 heteroatoms. The van der Waals surface area contributed by atoms with Crippen molar-refractivity contribution >= 4 is 23.5 Å². The molecule has 0 atom stereocenters. The van der Waals surface area contributed by atoms with E-state index in [-0.39, 0.29) is 18.0 Å². The van der Waals surface area contributed by atoms with E-state index in [2.05, 4.69) is 5.32 Å². The van der Waals surface area contributed by atoms with Crippen molar-refractivity contribution < 1.29 is 19.4 Å². The molecule has 0 spiro atoms. The molecule has 2 N–H and O–H groups in total. The van der Waals surface area contributed by atoms with Gasteiger partial charge in [-0.2, -0.15) is 0 Å². The molecule has 0 unspecified atom stereocenters. The zero-order valence-corrected chi connectivity index (χ0v) is 12.6. The van der Waals surface area contributed by atoms with Crippen molar-refractivity contribution in [1.82, 2.24) is 5.32 Å². The number of nitrogens with one attached hydrogen (secondary N) is 1. The molecule has 114 valence electrons. The number of benzene rings is 2. The van der Waals surface area contributed by atoms with Crippen LogP contribution in [0.4, 0.5) is 0 Å². The summed E-state index contributed by atoms with van der Waals surface area (Å²) in [6.07, 6.45) is 0. The quantitative estimate of drug-likeness (QED) is 0.888. The van der Waals surface area contributed by atoms with Crippen LogP contribution >= 0.6 is 11.6 Å². The molecule has 0 heterocycles. The second kappa shape index (κ2) is 6.95. The Hall–Kier alpha value is -2.53. The van der Waals surface area contributed by atoms with Crippen LogP contribution in [0.5, 0.6) is 5.75 Å². The summed E-state index contributed by atoms with van der Waals surface area (Å²) in [4.78, 5) is 23.1. The van der Waals surface area contributed by atoms with E-state index in [1.165, 1.54) is 25.3 Å². The molecule has 0 aliphatic rings. The van der Waals surface area contributed by atoms with Crippen LogP contribution in [0.2, 0.25) is 5.02 Å². The minimum absolute atomic E-state index is 0.173. The minimum Gasteiger partial charge on any atom is -0.496 e. The number of carbonyl (C=O) groups is 2. The summed E-state index contributed by atoms with van der Waals surface area (Å²) in [5.74, 6) is -0.939. The van der Waals surface area contributed by atoms with Crippen LogP contribution in [0, 0.1) is 0 Å². The number of methoxy groups -OCH3 is 1. The largest absolute Gasteiger partial charge is 0.496 e. The smallest absolute Gasteiger partial charge is 0.335 e. The van der Waals surface area contributed by atoms with Crippen LogP contribution in [-0.2, 0) is 6.54 Å². The molecule has 0 fully saturated rings. The number of rotatable bonds is 5. The second-order valence-corrected chi connectivity index (χ2v) is 4.97. The highest BCUT2D eigenvalue weighted by Gasteiger charge is 2.13. The van der Waals surface area contributed by atoms with Gasteiger partial charge >= 0.3 is 5.97 Å². The molecule has 2 aromatic rings. The summed E-state index contributed by atoms with van der Waals surface area (Å²) < 4.78 is 5.13. The van der Waals surface area contributed by atoms with Gasteiger partial charge < -0.3 is 15.2 Å². The summed E-state index contributed by atoms with van der Waals surface area (Å²) in [6.45, 7) is 0.204. The van der Waals surface area contributed by atoms with Crippen LogP contribution in [0.1, 0.15) is 26.3 Å². The fourth-order valence-electron chi connectivity index (χ4n) is 1.95. The maximum absolute atomic E-state index is 12.2. The lowest BCUT2D eigenvalue weighted by molar-refractivity contribution is 0.0696. The lowest BCUT2D eigenvalue weighted by Gasteiger charge is -2.10. The molecule has 0 aliphatic heterocycles. The number of hydrogen-bond donors (Lipinski definition) is 2. The highest BCUT2D eigenvalue weighted by atomic mass is 35.5. The van der Waals surface area contributed by atoms with E-state index in [1.807, 2.05) is 0 Å². The lowest BCUT2D eigenvalue weighted by atomic mass is 10.1. The van der Waals surface area contributed by atoms with Crippen molar-refractivity contribution in [2.45, 2.75) is 6.54 Å². The monoisotopic (exact) mass is 319 g/mol. The fourth-order valence-corrected chi connectivity index (χ4v) is 2.12. The standard InChI is InChI=1S/C16H14ClNO4/c1-22-14-6-5-12(17)8-13(14)15(19)18-9-10-3-2-4-11(7-10)16(20)21/h2-8H,9H2,1H3,(H,18,19)(H,20,21). The topological polar surface area (TPSA) is 75.6 Å². The zero-order valence-electron chi connectivity index (χ0n) is 11.8. The van der Waals surface area contributed by atoms with E-state index in [9.17, 15) is 9.59 Å². The van der Waals surface area contributed by atoms with Gasteiger partial charge in [-0.1, -0.05) is 23.7 Å². The van der Waals surface area contributed by atoms with E-state index in [4.69, 9.17) is 21.4 Å². The SMILES string of the molecule is COc1ccc(Cl)cc1C(=O)NCc1cccc(C(=O)O)c1. The van der Waals surface area contributed by atoms with E-state index < -0.39 is 5.97 Å². The van der Waals surface area contributed by atoms with Crippen LogP contribution in [0.3, 0.4) is 0 Å². The summed E-state index contributed by atoms with van der Waals surface area (Å²) >= 11 is 5.89. The Morgan fingerprint density at radius 3 is 2.68 bits per heavy atom. The number of amides is 1. The Morgan fingerprint density at radius 1 is 1.23 bits per heavy atom. The normalized spacial score (nSPS) is 10.1. The molecule has 0 aliphatic carbocycles. The van der Waals surface area contributed by atoms with Crippen molar-refractivity contribution in [2.24, 2.45) is 0 Å². The molecule has 2 rings (SSSR count). The molecule has 0 bridgehead atoms. The predicted octanol–water partition coefficient (Wildman–Crippen LogP) is 2.98. The molecule has 0 saturated carbocycles. The van der Waals surface area contributed by atoms with E-state index >= 15 is 0 Å². The molecule has 5 nitrogen and oxygen atoms in total. The Morgan fingerprint density at radius 2 is 2.00 bits per heavy atom. The maximum Gasteiger partial charge on any atom is 0.335 e. The van der Waals surface area contributed by atoms with Gasteiger partial charge in [-0.15, -0.1) is 0 Å². The van der Waals surface area contributed by atoms with Gasteiger partial charge in [-0.05, 0) is 35.9 Å². The number of carboxylic acid groups (broad SMARTS) is 1. The molecular formula is C16H14ClNO4. The van der Waals surface area contributed by atoms with E-state index in [1.54, 1.807) is 24.3 Å². The van der Waals surface area contributed by atoms with Gasteiger partial charge in [0, 0.05) is 11.6 Å². The third kappa shape index (κ3) is 3.77. The number of hydrogen-bond acceptors (Lipinski definition) is 3. The van der Waals surface area contributed by atoms with Gasteiger partial charge in [0.25, 0.3) is 5.91 Å². The van der Waals surface area contributed by atoms with Crippen molar-refractivity contribution in [2.75, 3.05) is 7.11 Å². The Kier molecular flexibility index (Phi) is 5.01. The molecular weight excluding hydrogens is 306 g/mol. The highest BCUT2D eigenvalue weighted by molar-refractivity contribution is 6.31. The first-order chi connectivity index (χ1) is 10.5. The summed E-state index contributed by atoms with van der Waals surface area (Å²) in [5.41, 5.74) is 1.19. The number of ether oxygens (including phenoxy) is 1. The Bertz CT molecular complexity index is 715. The summed E-state index contributed by atoms with van der Waals surface area (Å²) in [7, 11) is 1.47. The van der Waals surface area contributed by atoms with Crippen LogP contribution < -0.4 is 10.1 Å². The second-order valence-electron chi connectivity index (χ2n) is 4.53. The first-order valence-electron chi connectivity index (χ1n) is 6.45. The average Bonchev–Trinajstić information content (AvgIpc) is 2.52. The number of aromatic carboxylic acids is 1. The van der Waals surface area contributed by atoms with Gasteiger partial charge in [-0.3, -0.25) is 4.79 Å². The summed E-state index contributed by atoms with van der Waals surface area (Å²) in [5, 5.41) is 12.1. The first kappa shape index (κ1) is 15.9. The maximum atomic E-state index is 12.2. The van der Waals surface area contributed by atoms with E-state index in [0.717, 1.165) is 0 Å². The number of carbonyl (C=O) groups excluding carboxylic acids is 1. The third-order valence-electron chi connectivity index (χ3n) is 3.03. The first-order valence-corrected chi connectivity index (χ1v) is 6.83. The fraction of sp³-hybridized carbons (Fsp3) is 0.125. The average molecular weight is 320 g/mol. The molecule has 0 saturated heterocycles. The molecule has 0 radical (unpaired) electrons.